The fraction of sp³-hybridized carbons (Fsp3) is 0.476. The molecular weight excluding hydrogens is 376 g/mol. The molecule has 2 aromatic rings. The third kappa shape index (κ3) is 5.83. The molecule has 28 heavy (non-hydrogen) atoms. The van der Waals surface area contributed by atoms with Gasteiger partial charge in [0.1, 0.15) is 12.4 Å². The van der Waals surface area contributed by atoms with E-state index in [0.29, 0.717) is 22.9 Å². The molecule has 0 unspecified atom stereocenters. The van der Waals surface area contributed by atoms with Gasteiger partial charge in [0.05, 0.1) is 5.69 Å². The Morgan fingerprint density at radius 1 is 1.25 bits per heavy atom. The quantitative estimate of drug-likeness (QED) is 0.749. The fourth-order valence-electron chi connectivity index (χ4n) is 2.71. The molecular formula is C21H29ClN4O2. The van der Waals surface area contributed by atoms with Crippen molar-refractivity contribution in [3.63, 3.8) is 0 Å². The van der Waals surface area contributed by atoms with E-state index in [4.69, 9.17) is 11.6 Å². The average Bonchev–Trinajstić information content (AvgIpc) is 2.99. The van der Waals surface area contributed by atoms with E-state index in [1.807, 2.05) is 13.0 Å². The monoisotopic (exact) mass is 404 g/mol. The van der Waals surface area contributed by atoms with Crippen LogP contribution in [0.1, 0.15) is 56.6 Å². The Hall–Kier alpha value is -2.34. The van der Waals surface area contributed by atoms with Crippen molar-refractivity contribution in [3.05, 3.63) is 46.6 Å². The van der Waals surface area contributed by atoms with Crippen LogP contribution in [0, 0.1) is 0 Å². The Morgan fingerprint density at radius 2 is 1.96 bits per heavy atom. The number of halogens is 1. The standard InChI is InChI=1S/C21H29ClN4O2/c1-6-7-11-26(20(28)15-9-8-10-16(22)12-15)14-19(27)23-18-13-17(21(2,3)4)24-25(18)5/h8-10,12-13H,6-7,11,14H2,1-5H3,(H,23,27). The Balaban J connectivity index is 2.12. The van der Waals surface area contributed by atoms with Gasteiger partial charge in [0.2, 0.25) is 5.91 Å². The summed E-state index contributed by atoms with van der Waals surface area (Å²) in [5, 5.41) is 7.83. The maximum atomic E-state index is 12.9. The first-order valence-electron chi connectivity index (χ1n) is 9.51. The van der Waals surface area contributed by atoms with Gasteiger partial charge in [0, 0.05) is 35.7 Å². The molecule has 152 valence electrons. The van der Waals surface area contributed by atoms with Crippen molar-refractivity contribution in [2.75, 3.05) is 18.4 Å². The first-order chi connectivity index (χ1) is 13.1. The number of aromatic nitrogens is 2. The summed E-state index contributed by atoms with van der Waals surface area (Å²) in [6, 6.07) is 8.65. The van der Waals surface area contributed by atoms with Crippen molar-refractivity contribution >= 4 is 29.2 Å². The van der Waals surface area contributed by atoms with Gasteiger partial charge in [-0.25, -0.2) is 0 Å². The summed E-state index contributed by atoms with van der Waals surface area (Å²) in [6.07, 6.45) is 1.75. The Labute approximate surface area is 171 Å². The Kier molecular flexibility index (Phi) is 7.24. The van der Waals surface area contributed by atoms with E-state index in [-0.39, 0.29) is 23.8 Å². The van der Waals surface area contributed by atoms with Gasteiger partial charge in [0.15, 0.2) is 0 Å². The highest BCUT2D eigenvalue weighted by molar-refractivity contribution is 6.31. The molecule has 0 atom stereocenters. The third-order valence-corrected chi connectivity index (χ3v) is 4.63. The number of anilines is 1. The maximum Gasteiger partial charge on any atom is 0.254 e. The molecule has 0 spiro atoms. The van der Waals surface area contributed by atoms with Crippen LogP contribution in [0.25, 0.3) is 0 Å². The summed E-state index contributed by atoms with van der Waals surface area (Å²) in [6.45, 7) is 8.73. The molecule has 1 N–H and O–H groups in total. The summed E-state index contributed by atoms with van der Waals surface area (Å²) in [5.74, 6) is 0.155. The van der Waals surface area contributed by atoms with Crippen molar-refractivity contribution in [2.45, 2.75) is 46.0 Å². The van der Waals surface area contributed by atoms with Crippen molar-refractivity contribution in [2.24, 2.45) is 7.05 Å². The van der Waals surface area contributed by atoms with Gasteiger partial charge in [-0.15, -0.1) is 0 Å². The van der Waals surface area contributed by atoms with Crippen LogP contribution in [0.15, 0.2) is 30.3 Å². The van der Waals surface area contributed by atoms with E-state index in [1.54, 1.807) is 40.9 Å². The van der Waals surface area contributed by atoms with Crippen LogP contribution in [0.3, 0.4) is 0 Å². The van der Waals surface area contributed by atoms with E-state index in [1.165, 1.54) is 0 Å². The number of carbonyl (C=O) groups is 2. The van der Waals surface area contributed by atoms with Crippen LogP contribution < -0.4 is 5.32 Å². The zero-order chi connectivity index (χ0) is 20.9. The van der Waals surface area contributed by atoms with Crippen LogP contribution in [-0.4, -0.2) is 39.6 Å². The number of unbranched alkanes of at least 4 members (excludes halogenated alkanes) is 1. The predicted molar refractivity (Wildman–Crippen MR) is 113 cm³/mol. The van der Waals surface area contributed by atoms with Crippen molar-refractivity contribution in [1.29, 1.82) is 0 Å². The van der Waals surface area contributed by atoms with Crippen molar-refractivity contribution in [3.8, 4) is 0 Å². The largest absolute Gasteiger partial charge is 0.329 e. The molecule has 0 aliphatic rings. The molecule has 1 aromatic heterocycles. The highest BCUT2D eigenvalue weighted by Crippen LogP contribution is 2.23. The number of rotatable bonds is 7. The highest BCUT2D eigenvalue weighted by atomic mass is 35.5. The van der Waals surface area contributed by atoms with E-state index in [2.05, 4.69) is 31.2 Å². The summed E-state index contributed by atoms with van der Waals surface area (Å²) in [5.41, 5.74) is 1.26. The lowest BCUT2D eigenvalue weighted by molar-refractivity contribution is -0.117. The van der Waals surface area contributed by atoms with E-state index < -0.39 is 0 Å². The van der Waals surface area contributed by atoms with E-state index in [0.717, 1.165) is 18.5 Å². The maximum absolute atomic E-state index is 12.9. The molecule has 1 heterocycles. The van der Waals surface area contributed by atoms with Crippen LogP contribution in [0.5, 0.6) is 0 Å². The lowest BCUT2D eigenvalue weighted by Crippen LogP contribution is -2.38. The molecule has 0 fully saturated rings. The third-order valence-electron chi connectivity index (χ3n) is 4.39. The number of nitrogens with one attached hydrogen (secondary N) is 1. The normalized spacial score (nSPS) is 11.4. The fourth-order valence-corrected chi connectivity index (χ4v) is 2.90. The molecule has 0 saturated heterocycles. The summed E-state index contributed by atoms with van der Waals surface area (Å²) in [7, 11) is 1.79. The van der Waals surface area contributed by atoms with Gasteiger partial charge in [-0.3, -0.25) is 14.3 Å². The number of amides is 2. The highest BCUT2D eigenvalue weighted by Gasteiger charge is 2.22. The summed E-state index contributed by atoms with van der Waals surface area (Å²) >= 11 is 6.01. The molecule has 0 bridgehead atoms. The zero-order valence-electron chi connectivity index (χ0n) is 17.3. The molecule has 0 saturated carbocycles. The van der Waals surface area contributed by atoms with Gasteiger partial charge in [-0.05, 0) is 24.6 Å². The molecule has 0 aliphatic heterocycles. The zero-order valence-corrected chi connectivity index (χ0v) is 18.0. The molecule has 0 radical (unpaired) electrons. The number of hydrogen-bond donors (Lipinski definition) is 1. The Bertz CT molecular complexity index is 839. The molecule has 0 aliphatic carbocycles. The summed E-state index contributed by atoms with van der Waals surface area (Å²) < 4.78 is 1.65. The van der Waals surface area contributed by atoms with Gasteiger partial charge >= 0.3 is 0 Å². The number of nitrogens with zero attached hydrogens (tertiary/aromatic N) is 3. The molecule has 2 amide bonds. The predicted octanol–water partition coefficient (Wildman–Crippen LogP) is 4.25. The average molecular weight is 405 g/mol. The van der Waals surface area contributed by atoms with Gasteiger partial charge < -0.3 is 10.2 Å². The molecule has 2 rings (SSSR count). The minimum absolute atomic E-state index is 0.0264. The number of carbonyl (C=O) groups excluding carboxylic acids is 2. The van der Waals surface area contributed by atoms with Crippen molar-refractivity contribution < 1.29 is 9.59 Å². The minimum atomic E-state index is -0.255. The topological polar surface area (TPSA) is 67.2 Å². The van der Waals surface area contributed by atoms with Gasteiger partial charge in [-0.1, -0.05) is 51.8 Å². The van der Waals surface area contributed by atoms with Crippen LogP contribution in [-0.2, 0) is 17.3 Å². The smallest absolute Gasteiger partial charge is 0.254 e. The lowest BCUT2D eigenvalue weighted by Gasteiger charge is -2.22. The molecule has 1 aromatic carbocycles. The number of aryl methyl sites for hydroxylation is 1. The first-order valence-corrected chi connectivity index (χ1v) is 9.89. The minimum Gasteiger partial charge on any atom is -0.329 e. The van der Waals surface area contributed by atoms with Crippen LogP contribution in [0.4, 0.5) is 5.82 Å². The lowest BCUT2D eigenvalue weighted by atomic mass is 9.92. The van der Waals surface area contributed by atoms with Crippen molar-refractivity contribution in [1.82, 2.24) is 14.7 Å². The van der Waals surface area contributed by atoms with E-state index in [9.17, 15) is 9.59 Å². The van der Waals surface area contributed by atoms with Crippen LogP contribution >= 0.6 is 11.6 Å². The second-order valence-corrected chi connectivity index (χ2v) is 8.36. The first kappa shape index (κ1) is 22.0. The molecule has 7 heteroatoms. The SMILES string of the molecule is CCCCN(CC(=O)Nc1cc(C(C)(C)C)nn1C)C(=O)c1cccc(Cl)c1. The number of hydrogen-bond acceptors (Lipinski definition) is 3. The van der Waals surface area contributed by atoms with E-state index >= 15 is 0 Å². The second kappa shape index (κ2) is 9.24. The number of benzene rings is 1. The van der Waals surface area contributed by atoms with Gasteiger partial charge in [-0.2, -0.15) is 5.10 Å². The second-order valence-electron chi connectivity index (χ2n) is 7.93. The van der Waals surface area contributed by atoms with Gasteiger partial charge in [0.25, 0.3) is 5.91 Å². The van der Waals surface area contributed by atoms with Crippen LogP contribution in [0.2, 0.25) is 5.02 Å². The summed E-state index contributed by atoms with van der Waals surface area (Å²) in [4.78, 5) is 27.1. The Morgan fingerprint density at radius 3 is 2.54 bits per heavy atom. The molecule has 6 nitrogen and oxygen atoms in total.